The number of nitrogens with two attached hydrogens (primary N) is 1. The van der Waals surface area contributed by atoms with Crippen LogP contribution in [0, 0.1) is 0 Å². The summed E-state index contributed by atoms with van der Waals surface area (Å²) in [5, 5.41) is 0. The lowest BCUT2D eigenvalue weighted by atomic mass is 9.97. The molecule has 0 aliphatic carbocycles. The van der Waals surface area contributed by atoms with Crippen molar-refractivity contribution >= 4 is 28.2 Å². The third-order valence-corrected chi connectivity index (χ3v) is 5.48. The summed E-state index contributed by atoms with van der Waals surface area (Å²) >= 11 is 0. The van der Waals surface area contributed by atoms with Gasteiger partial charge in [0.1, 0.15) is 5.75 Å². The molecule has 0 spiro atoms. The van der Waals surface area contributed by atoms with Crippen LogP contribution in [-0.2, 0) is 14.6 Å². The highest BCUT2D eigenvalue weighted by Gasteiger charge is 2.31. The summed E-state index contributed by atoms with van der Waals surface area (Å²) in [6.07, 6.45) is 5.37. The molecule has 0 aromatic rings. The summed E-state index contributed by atoms with van der Waals surface area (Å²) in [5.74, 6) is -0.521. The number of unbranched alkanes of at least 4 members (excludes halogenated alkanes) is 2. The second-order valence-electron chi connectivity index (χ2n) is 5.81. The van der Waals surface area contributed by atoms with Crippen molar-refractivity contribution in [1.82, 2.24) is 4.90 Å². The summed E-state index contributed by atoms with van der Waals surface area (Å²) in [7, 11) is -3.28. The first-order valence-corrected chi connectivity index (χ1v) is 9.45. The van der Waals surface area contributed by atoms with Crippen LogP contribution in [-0.4, -0.2) is 49.4 Å². The largest absolute Gasteiger partial charge is 0.337 e. The Morgan fingerprint density at radius 2 is 2.00 bits per heavy atom. The maximum Gasteiger partial charge on any atom is 0.238 e. The Balaban J connectivity index is 0.00000400. The lowest BCUT2D eigenvalue weighted by molar-refractivity contribution is -0.132. The van der Waals surface area contributed by atoms with Gasteiger partial charge in [-0.2, -0.15) is 0 Å². The smallest absolute Gasteiger partial charge is 0.238 e. The number of nitrogens with zero attached hydrogens (tertiary/aromatic N) is 1. The highest BCUT2D eigenvalue weighted by atomic mass is 35.5. The zero-order chi connectivity index (χ0) is 15.2. The topological polar surface area (TPSA) is 80.5 Å². The minimum Gasteiger partial charge on any atom is -0.337 e. The number of carbonyl (C=O) groups excluding carboxylic acids is 1. The van der Waals surface area contributed by atoms with Crippen LogP contribution >= 0.6 is 12.4 Å². The molecule has 1 saturated heterocycles. The van der Waals surface area contributed by atoms with Gasteiger partial charge in [0, 0.05) is 18.6 Å². The fraction of sp³-hybridized carbons (Fsp3) is 0.929. The molecule has 0 aromatic heterocycles. The Morgan fingerprint density at radius 3 is 2.57 bits per heavy atom. The van der Waals surface area contributed by atoms with E-state index in [-0.39, 0.29) is 41.9 Å². The standard InChI is InChI=1S/C14H28N2O3S.ClH/c1-3-4-7-10-20(18,19)11-14(17)16-9-6-5-8-13(16)12(2)15;/h12-13H,3-11,15H2,1-2H3;1H. The van der Waals surface area contributed by atoms with E-state index in [9.17, 15) is 13.2 Å². The molecule has 0 radical (unpaired) electrons. The predicted molar refractivity (Wildman–Crippen MR) is 88.4 cm³/mol. The molecule has 0 bridgehead atoms. The molecule has 1 rings (SSSR count). The number of piperidine rings is 1. The van der Waals surface area contributed by atoms with Crippen molar-refractivity contribution in [3.63, 3.8) is 0 Å². The molecule has 1 aliphatic heterocycles. The Labute approximate surface area is 135 Å². The van der Waals surface area contributed by atoms with Crippen molar-refractivity contribution in [2.45, 2.75) is 64.5 Å². The molecule has 0 aromatic carbocycles. The third-order valence-electron chi connectivity index (χ3n) is 3.88. The molecule has 1 aliphatic rings. The van der Waals surface area contributed by atoms with Crippen molar-refractivity contribution in [2.75, 3.05) is 18.1 Å². The number of rotatable bonds is 7. The van der Waals surface area contributed by atoms with Crippen molar-refractivity contribution in [1.29, 1.82) is 0 Å². The summed E-state index contributed by atoms with van der Waals surface area (Å²) < 4.78 is 23.9. The van der Waals surface area contributed by atoms with Gasteiger partial charge in [0.05, 0.1) is 5.75 Å². The fourth-order valence-corrected chi connectivity index (χ4v) is 4.06. The normalized spacial score (nSPS) is 20.7. The molecule has 2 unspecified atom stereocenters. The van der Waals surface area contributed by atoms with E-state index in [1.165, 1.54) is 0 Å². The summed E-state index contributed by atoms with van der Waals surface area (Å²) in [5.41, 5.74) is 5.91. The number of likely N-dealkylation sites (tertiary alicyclic amines) is 1. The molecule has 126 valence electrons. The van der Waals surface area contributed by atoms with Gasteiger partial charge in [-0.25, -0.2) is 8.42 Å². The average molecular weight is 341 g/mol. The molecule has 2 atom stereocenters. The van der Waals surface area contributed by atoms with Gasteiger partial charge in [0.15, 0.2) is 9.84 Å². The number of carbonyl (C=O) groups is 1. The molecule has 5 nitrogen and oxygen atoms in total. The maximum absolute atomic E-state index is 12.3. The van der Waals surface area contributed by atoms with Gasteiger partial charge in [0.2, 0.25) is 5.91 Å². The zero-order valence-electron chi connectivity index (χ0n) is 13.1. The number of halogens is 1. The summed E-state index contributed by atoms with van der Waals surface area (Å²) in [6.45, 7) is 4.54. The first kappa shape index (κ1) is 20.7. The third kappa shape index (κ3) is 6.98. The maximum atomic E-state index is 12.3. The van der Waals surface area contributed by atoms with Gasteiger partial charge in [-0.15, -0.1) is 12.4 Å². The molecule has 1 heterocycles. The number of hydrogen-bond donors (Lipinski definition) is 1. The van der Waals surface area contributed by atoms with E-state index in [0.29, 0.717) is 13.0 Å². The van der Waals surface area contributed by atoms with Crippen LogP contribution < -0.4 is 5.73 Å². The molecular weight excluding hydrogens is 312 g/mol. The molecule has 21 heavy (non-hydrogen) atoms. The number of hydrogen-bond acceptors (Lipinski definition) is 4. The monoisotopic (exact) mass is 340 g/mol. The molecule has 2 N–H and O–H groups in total. The van der Waals surface area contributed by atoms with E-state index in [2.05, 4.69) is 0 Å². The van der Waals surface area contributed by atoms with Crippen LogP contribution in [0.1, 0.15) is 52.4 Å². The Morgan fingerprint density at radius 1 is 1.33 bits per heavy atom. The first-order valence-electron chi connectivity index (χ1n) is 7.63. The van der Waals surface area contributed by atoms with Crippen molar-refractivity contribution < 1.29 is 13.2 Å². The Bertz CT molecular complexity index is 412. The van der Waals surface area contributed by atoms with Crippen molar-refractivity contribution in [2.24, 2.45) is 5.73 Å². The quantitative estimate of drug-likeness (QED) is 0.716. The molecule has 1 fully saturated rings. The van der Waals surface area contributed by atoms with Gasteiger partial charge in [-0.05, 0) is 32.6 Å². The van der Waals surface area contributed by atoms with Crippen LogP contribution in [0.25, 0.3) is 0 Å². The second-order valence-corrected chi connectivity index (χ2v) is 7.99. The fourth-order valence-electron chi connectivity index (χ4n) is 2.73. The molecule has 0 saturated carbocycles. The van der Waals surface area contributed by atoms with Gasteiger partial charge < -0.3 is 10.6 Å². The van der Waals surface area contributed by atoms with E-state index in [1.54, 1.807) is 4.90 Å². The van der Waals surface area contributed by atoms with E-state index in [1.807, 2.05) is 13.8 Å². The minimum absolute atomic E-state index is 0. The Hall–Kier alpha value is -0.330. The number of sulfone groups is 1. The lowest BCUT2D eigenvalue weighted by Crippen LogP contribution is -2.53. The van der Waals surface area contributed by atoms with Gasteiger partial charge in [-0.1, -0.05) is 19.8 Å². The molecular formula is C14H29ClN2O3S. The SMILES string of the molecule is CCCCCS(=O)(=O)CC(=O)N1CCCCC1C(C)N.Cl. The lowest BCUT2D eigenvalue weighted by Gasteiger charge is -2.38. The summed E-state index contributed by atoms with van der Waals surface area (Å²) in [4.78, 5) is 13.9. The van der Waals surface area contributed by atoms with E-state index < -0.39 is 9.84 Å². The Kier molecular flexibility index (Phi) is 9.49. The van der Waals surface area contributed by atoms with Crippen LogP contribution in [0.15, 0.2) is 0 Å². The van der Waals surface area contributed by atoms with Gasteiger partial charge >= 0.3 is 0 Å². The average Bonchev–Trinajstić information content (AvgIpc) is 2.38. The van der Waals surface area contributed by atoms with E-state index in [4.69, 9.17) is 5.73 Å². The van der Waals surface area contributed by atoms with Crippen LogP contribution in [0.5, 0.6) is 0 Å². The van der Waals surface area contributed by atoms with Crippen LogP contribution in [0.3, 0.4) is 0 Å². The second kappa shape index (κ2) is 9.64. The number of amides is 1. The van der Waals surface area contributed by atoms with Gasteiger partial charge in [-0.3, -0.25) is 4.79 Å². The minimum atomic E-state index is -3.28. The molecule has 7 heteroatoms. The predicted octanol–water partition coefficient (Wildman–Crippen LogP) is 1.74. The highest BCUT2D eigenvalue weighted by molar-refractivity contribution is 7.92. The zero-order valence-corrected chi connectivity index (χ0v) is 14.7. The van der Waals surface area contributed by atoms with E-state index in [0.717, 1.165) is 32.1 Å². The highest BCUT2D eigenvalue weighted by Crippen LogP contribution is 2.19. The van der Waals surface area contributed by atoms with Crippen LogP contribution in [0.2, 0.25) is 0 Å². The molecule has 1 amide bonds. The first-order chi connectivity index (χ1) is 9.37. The van der Waals surface area contributed by atoms with Crippen LogP contribution in [0.4, 0.5) is 0 Å². The van der Waals surface area contributed by atoms with Crippen molar-refractivity contribution in [3.8, 4) is 0 Å². The van der Waals surface area contributed by atoms with E-state index >= 15 is 0 Å². The summed E-state index contributed by atoms with van der Waals surface area (Å²) in [6, 6.07) is -0.121. The van der Waals surface area contributed by atoms with Crippen molar-refractivity contribution in [3.05, 3.63) is 0 Å². The van der Waals surface area contributed by atoms with Gasteiger partial charge in [0.25, 0.3) is 0 Å².